The standard InChI is InChI=1S/C11H14N4OS/c1-9-13-11(17-14-9)15(5-6-16)8-10-3-2-4-12-7-10/h2-4,7,16H,5-6,8H2,1H3. The lowest BCUT2D eigenvalue weighted by molar-refractivity contribution is 0.301. The molecule has 6 heteroatoms. The molecular formula is C11H14N4OS. The average molecular weight is 250 g/mol. The summed E-state index contributed by atoms with van der Waals surface area (Å²) in [6.07, 6.45) is 3.56. The van der Waals surface area contributed by atoms with E-state index in [9.17, 15) is 0 Å². The summed E-state index contributed by atoms with van der Waals surface area (Å²) in [6, 6.07) is 3.91. The molecule has 17 heavy (non-hydrogen) atoms. The van der Waals surface area contributed by atoms with Crippen LogP contribution in [0.15, 0.2) is 24.5 Å². The summed E-state index contributed by atoms with van der Waals surface area (Å²) in [5.74, 6) is 0.763. The van der Waals surface area contributed by atoms with Gasteiger partial charge in [0.1, 0.15) is 5.82 Å². The van der Waals surface area contributed by atoms with Crippen molar-refractivity contribution in [2.24, 2.45) is 0 Å². The van der Waals surface area contributed by atoms with Gasteiger partial charge in [-0.3, -0.25) is 4.98 Å². The van der Waals surface area contributed by atoms with Crippen molar-refractivity contribution < 1.29 is 5.11 Å². The molecule has 0 bridgehead atoms. The Bertz CT molecular complexity index is 460. The van der Waals surface area contributed by atoms with Crippen molar-refractivity contribution >= 4 is 16.7 Å². The molecule has 1 N–H and O–H groups in total. The first-order chi connectivity index (χ1) is 8.29. The molecule has 2 aromatic rings. The van der Waals surface area contributed by atoms with E-state index in [1.54, 1.807) is 6.20 Å². The topological polar surface area (TPSA) is 62.1 Å². The summed E-state index contributed by atoms with van der Waals surface area (Å²) in [4.78, 5) is 10.4. The zero-order valence-corrected chi connectivity index (χ0v) is 10.4. The summed E-state index contributed by atoms with van der Waals surface area (Å²) in [5, 5.41) is 9.92. The summed E-state index contributed by atoms with van der Waals surface area (Å²) < 4.78 is 4.15. The van der Waals surface area contributed by atoms with Gasteiger partial charge in [0, 0.05) is 37.0 Å². The average Bonchev–Trinajstić information content (AvgIpc) is 2.77. The van der Waals surface area contributed by atoms with Crippen LogP contribution in [-0.4, -0.2) is 32.6 Å². The molecule has 0 spiro atoms. The second kappa shape index (κ2) is 5.70. The number of aromatic nitrogens is 3. The van der Waals surface area contributed by atoms with Crippen molar-refractivity contribution in [3.05, 3.63) is 35.9 Å². The van der Waals surface area contributed by atoms with Gasteiger partial charge in [-0.25, -0.2) is 4.98 Å². The van der Waals surface area contributed by atoms with E-state index in [2.05, 4.69) is 14.3 Å². The third kappa shape index (κ3) is 3.21. The van der Waals surface area contributed by atoms with Crippen LogP contribution < -0.4 is 4.90 Å². The highest BCUT2D eigenvalue weighted by Gasteiger charge is 2.11. The van der Waals surface area contributed by atoms with Crippen LogP contribution in [0.4, 0.5) is 5.13 Å². The predicted molar refractivity (Wildman–Crippen MR) is 67.0 cm³/mol. The second-order valence-corrected chi connectivity index (χ2v) is 4.36. The first-order valence-electron chi connectivity index (χ1n) is 5.34. The number of rotatable bonds is 5. The van der Waals surface area contributed by atoms with Crippen LogP contribution in [-0.2, 0) is 6.54 Å². The largest absolute Gasteiger partial charge is 0.395 e. The fraction of sp³-hybridized carbons (Fsp3) is 0.364. The van der Waals surface area contributed by atoms with Crippen molar-refractivity contribution in [1.29, 1.82) is 0 Å². The van der Waals surface area contributed by atoms with E-state index in [0.717, 1.165) is 16.5 Å². The number of aryl methyl sites for hydroxylation is 1. The minimum atomic E-state index is 0.0961. The van der Waals surface area contributed by atoms with Gasteiger partial charge in [-0.2, -0.15) is 4.37 Å². The molecule has 0 atom stereocenters. The minimum absolute atomic E-state index is 0.0961. The lowest BCUT2D eigenvalue weighted by Gasteiger charge is -2.19. The van der Waals surface area contributed by atoms with Crippen molar-refractivity contribution in [2.75, 3.05) is 18.1 Å². The van der Waals surface area contributed by atoms with Crippen molar-refractivity contribution in [3.8, 4) is 0 Å². The Morgan fingerprint density at radius 2 is 2.35 bits per heavy atom. The van der Waals surface area contributed by atoms with Gasteiger partial charge in [0.25, 0.3) is 0 Å². The lowest BCUT2D eigenvalue weighted by Crippen LogP contribution is -2.26. The molecule has 0 aliphatic rings. The smallest absolute Gasteiger partial charge is 0.205 e. The third-order valence-electron chi connectivity index (χ3n) is 2.25. The Hall–Kier alpha value is -1.53. The second-order valence-electron chi connectivity index (χ2n) is 3.63. The van der Waals surface area contributed by atoms with Crippen LogP contribution >= 0.6 is 11.5 Å². The van der Waals surface area contributed by atoms with Gasteiger partial charge >= 0.3 is 0 Å². The molecule has 0 aliphatic heterocycles. The van der Waals surface area contributed by atoms with Gasteiger partial charge in [-0.15, -0.1) is 0 Å². The molecule has 2 aromatic heterocycles. The Kier molecular flexibility index (Phi) is 4.00. The van der Waals surface area contributed by atoms with Gasteiger partial charge < -0.3 is 10.0 Å². The number of aliphatic hydroxyl groups excluding tert-OH is 1. The maximum absolute atomic E-state index is 9.08. The Balaban J connectivity index is 2.13. The van der Waals surface area contributed by atoms with E-state index in [0.29, 0.717) is 13.1 Å². The van der Waals surface area contributed by atoms with Gasteiger partial charge in [0.05, 0.1) is 6.61 Å². The first-order valence-corrected chi connectivity index (χ1v) is 6.12. The fourth-order valence-electron chi connectivity index (χ4n) is 1.49. The molecule has 0 saturated carbocycles. The number of pyridine rings is 1. The monoisotopic (exact) mass is 250 g/mol. The number of anilines is 1. The van der Waals surface area contributed by atoms with Gasteiger partial charge in [0.2, 0.25) is 5.13 Å². The van der Waals surface area contributed by atoms with Crippen LogP contribution in [0.5, 0.6) is 0 Å². The molecule has 0 radical (unpaired) electrons. The highest BCUT2D eigenvalue weighted by Crippen LogP contribution is 2.18. The SMILES string of the molecule is Cc1nsc(N(CCO)Cc2cccnc2)n1. The summed E-state index contributed by atoms with van der Waals surface area (Å²) in [5.41, 5.74) is 1.09. The Morgan fingerprint density at radius 1 is 1.47 bits per heavy atom. The first kappa shape index (κ1) is 11.9. The van der Waals surface area contributed by atoms with Crippen molar-refractivity contribution in [3.63, 3.8) is 0 Å². The van der Waals surface area contributed by atoms with E-state index in [1.807, 2.05) is 30.2 Å². The molecule has 2 rings (SSSR count). The normalized spacial score (nSPS) is 10.5. The van der Waals surface area contributed by atoms with Crippen LogP contribution in [0.1, 0.15) is 11.4 Å². The Labute approximate surface area is 104 Å². The molecule has 0 aromatic carbocycles. The van der Waals surface area contributed by atoms with E-state index >= 15 is 0 Å². The highest BCUT2D eigenvalue weighted by molar-refractivity contribution is 7.09. The van der Waals surface area contributed by atoms with E-state index < -0.39 is 0 Å². The number of nitrogens with zero attached hydrogens (tertiary/aromatic N) is 4. The Morgan fingerprint density at radius 3 is 2.94 bits per heavy atom. The van der Waals surface area contributed by atoms with E-state index in [1.165, 1.54) is 11.5 Å². The fourth-order valence-corrected chi connectivity index (χ4v) is 2.19. The predicted octanol–water partition coefficient (Wildman–Crippen LogP) is 1.24. The summed E-state index contributed by atoms with van der Waals surface area (Å²) >= 11 is 1.35. The summed E-state index contributed by atoms with van der Waals surface area (Å²) in [6.45, 7) is 3.19. The third-order valence-corrected chi connectivity index (χ3v) is 3.12. The van der Waals surface area contributed by atoms with Crippen molar-refractivity contribution in [1.82, 2.24) is 14.3 Å². The van der Waals surface area contributed by atoms with Gasteiger partial charge in [-0.1, -0.05) is 6.07 Å². The number of hydrogen-bond donors (Lipinski definition) is 1. The van der Waals surface area contributed by atoms with Crippen LogP contribution in [0.2, 0.25) is 0 Å². The summed E-state index contributed by atoms with van der Waals surface area (Å²) in [7, 11) is 0. The maximum atomic E-state index is 9.08. The molecule has 0 aliphatic carbocycles. The van der Waals surface area contributed by atoms with Crippen LogP contribution in [0.25, 0.3) is 0 Å². The quantitative estimate of drug-likeness (QED) is 0.865. The molecule has 0 amide bonds. The highest BCUT2D eigenvalue weighted by atomic mass is 32.1. The molecular weight excluding hydrogens is 236 g/mol. The minimum Gasteiger partial charge on any atom is -0.395 e. The molecule has 2 heterocycles. The maximum Gasteiger partial charge on any atom is 0.205 e. The zero-order chi connectivity index (χ0) is 12.1. The van der Waals surface area contributed by atoms with Crippen molar-refractivity contribution in [2.45, 2.75) is 13.5 Å². The van der Waals surface area contributed by atoms with Crippen LogP contribution in [0.3, 0.4) is 0 Å². The molecule has 0 unspecified atom stereocenters. The van der Waals surface area contributed by atoms with E-state index in [4.69, 9.17) is 5.11 Å². The zero-order valence-electron chi connectivity index (χ0n) is 9.58. The van der Waals surface area contributed by atoms with Gasteiger partial charge in [0.15, 0.2) is 0 Å². The molecule has 5 nitrogen and oxygen atoms in total. The molecule has 0 fully saturated rings. The number of aliphatic hydroxyl groups is 1. The molecule has 0 saturated heterocycles. The van der Waals surface area contributed by atoms with E-state index in [-0.39, 0.29) is 6.61 Å². The lowest BCUT2D eigenvalue weighted by atomic mass is 10.3. The van der Waals surface area contributed by atoms with Crippen LogP contribution in [0, 0.1) is 6.92 Å². The number of hydrogen-bond acceptors (Lipinski definition) is 6. The molecule has 90 valence electrons. The van der Waals surface area contributed by atoms with Gasteiger partial charge in [-0.05, 0) is 18.6 Å².